The first-order chi connectivity index (χ1) is 12.3. The van der Waals surface area contributed by atoms with Crippen molar-refractivity contribution in [3.8, 4) is 0 Å². The SMILES string of the molecule is O=c1/c(=C/c2ccc(N3CCCC3)cc2)sc2nc3ccccc3n12. The molecule has 0 atom stereocenters. The van der Waals surface area contributed by atoms with Crippen molar-refractivity contribution in [1.29, 1.82) is 0 Å². The van der Waals surface area contributed by atoms with Crippen LogP contribution in [0.15, 0.2) is 53.3 Å². The fourth-order valence-electron chi connectivity index (χ4n) is 3.52. The number of rotatable bonds is 2. The summed E-state index contributed by atoms with van der Waals surface area (Å²) in [5.74, 6) is 0. The standard InChI is InChI=1S/C20H17N3OS/c24-19-18(25-20-21-16-5-1-2-6-17(16)23(19)20)13-14-7-9-15(10-8-14)22-11-3-4-12-22/h1-2,5-10,13H,3-4,11-12H2/b18-13-. The summed E-state index contributed by atoms with van der Waals surface area (Å²) in [5, 5.41) is 0. The van der Waals surface area contributed by atoms with Gasteiger partial charge < -0.3 is 4.90 Å². The molecule has 0 aliphatic carbocycles. The minimum Gasteiger partial charge on any atom is -0.372 e. The molecule has 2 aromatic carbocycles. The van der Waals surface area contributed by atoms with Crippen molar-refractivity contribution in [2.45, 2.75) is 12.8 Å². The molecule has 0 spiro atoms. The van der Waals surface area contributed by atoms with Crippen LogP contribution in [0.2, 0.25) is 0 Å². The van der Waals surface area contributed by atoms with Gasteiger partial charge in [0.15, 0.2) is 4.96 Å². The first kappa shape index (κ1) is 14.7. The lowest BCUT2D eigenvalue weighted by molar-refractivity contribution is 0.949. The number of aromatic nitrogens is 2. The normalized spacial score (nSPS) is 15.7. The Kier molecular flexibility index (Phi) is 3.35. The molecule has 1 aliphatic rings. The second-order valence-corrected chi connectivity index (χ2v) is 7.43. The third-order valence-electron chi connectivity index (χ3n) is 4.81. The highest BCUT2D eigenvalue weighted by molar-refractivity contribution is 7.15. The van der Waals surface area contributed by atoms with Crippen LogP contribution in [0.1, 0.15) is 18.4 Å². The van der Waals surface area contributed by atoms with Gasteiger partial charge in [-0.1, -0.05) is 35.6 Å². The molecule has 5 rings (SSSR count). The zero-order valence-electron chi connectivity index (χ0n) is 13.7. The Hall–Kier alpha value is -2.66. The lowest BCUT2D eigenvalue weighted by atomic mass is 10.2. The molecule has 1 aliphatic heterocycles. The van der Waals surface area contributed by atoms with Gasteiger partial charge in [0.2, 0.25) is 0 Å². The average molecular weight is 347 g/mol. The van der Waals surface area contributed by atoms with Crippen LogP contribution < -0.4 is 15.0 Å². The molecule has 0 unspecified atom stereocenters. The third kappa shape index (κ3) is 2.43. The second kappa shape index (κ2) is 5.70. The van der Waals surface area contributed by atoms with E-state index >= 15 is 0 Å². The van der Waals surface area contributed by atoms with Crippen molar-refractivity contribution >= 4 is 39.1 Å². The van der Waals surface area contributed by atoms with Gasteiger partial charge in [-0.05, 0) is 48.7 Å². The van der Waals surface area contributed by atoms with E-state index in [9.17, 15) is 4.79 Å². The van der Waals surface area contributed by atoms with Gasteiger partial charge in [-0.25, -0.2) is 9.38 Å². The Bertz CT molecular complexity index is 1170. The number of anilines is 1. The molecule has 0 amide bonds. The fourth-order valence-corrected chi connectivity index (χ4v) is 4.51. The minimum absolute atomic E-state index is 0.0114. The lowest BCUT2D eigenvalue weighted by Crippen LogP contribution is -2.22. The van der Waals surface area contributed by atoms with Gasteiger partial charge in [-0.3, -0.25) is 4.79 Å². The topological polar surface area (TPSA) is 37.6 Å². The summed E-state index contributed by atoms with van der Waals surface area (Å²) < 4.78 is 2.44. The first-order valence-corrected chi connectivity index (χ1v) is 9.38. The van der Waals surface area contributed by atoms with Crippen LogP contribution in [0.3, 0.4) is 0 Å². The van der Waals surface area contributed by atoms with E-state index in [0.29, 0.717) is 0 Å². The Balaban J connectivity index is 1.58. The fraction of sp³-hybridized carbons (Fsp3) is 0.200. The molecule has 0 saturated carbocycles. The molecule has 4 aromatic rings. The second-order valence-electron chi connectivity index (χ2n) is 6.42. The van der Waals surface area contributed by atoms with Crippen molar-refractivity contribution in [2.75, 3.05) is 18.0 Å². The molecular formula is C20H17N3OS. The van der Waals surface area contributed by atoms with Gasteiger partial charge in [0.25, 0.3) is 5.56 Å². The van der Waals surface area contributed by atoms with Gasteiger partial charge >= 0.3 is 0 Å². The molecule has 2 aromatic heterocycles. The highest BCUT2D eigenvalue weighted by Crippen LogP contribution is 2.21. The number of fused-ring (bicyclic) bond motifs is 3. The van der Waals surface area contributed by atoms with Crippen LogP contribution in [-0.2, 0) is 0 Å². The van der Waals surface area contributed by atoms with Gasteiger partial charge in [-0.15, -0.1) is 0 Å². The molecule has 1 fully saturated rings. The highest BCUT2D eigenvalue weighted by Gasteiger charge is 2.12. The molecule has 0 N–H and O–H groups in total. The monoisotopic (exact) mass is 347 g/mol. The molecule has 1 saturated heterocycles. The molecule has 0 radical (unpaired) electrons. The van der Waals surface area contributed by atoms with E-state index in [4.69, 9.17) is 0 Å². The molecular weight excluding hydrogens is 330 g/mol. The van der Waals surface area contributed by atoms with Crippen LogP contribution in [0.4, 0.5) is 5.69 Å². The van der Waals surface area contributed by atoms with Gasteiger partial charge in [0.05, 0.1) is 15.6 Å². The lowest BCUT2D eigenvalue weighted by Gasteiger charge is -2.17. The van der Waals surface area contributed by atoms with E-state index in [2.05, 4.69) is 34.1 Å². The smallest absolute Gasteiger partial charge is 0.274 e. The average Bonchev–Trinajstić information content (AvgIpc) is 3.34. The van der Waals surface area contributed by atoms with Gasteiger partial charge in [0, 0.05) is 18.8 Å². The van der Waals surface area contributed by atoms with Gasteiger partial charge in [0.1, 0.15) is 0 Å². The Labute approximate surface area is 148 Å². The van der Waals surface area contributed by atoms with Crippen LogP contribution in [0.25, 0.3) is 22.1 Å². The summed E-state index contributed by atoms with van der Waals surface area (Å²) in [6, 6.07) is 16.2. The van der Waals surface area contributed by atoms with Crippen molar-refractivity contribution in [2.24, 2.45) is 0 Å². The summed E-state index contributed by atoms with van der Waals surface area (Å²) in [5.41, 5.74) is 4.07. The van der Waals surface area contributed by atoms with E-state index in [0.717, 1.165) is 39.2 Å². The van der Waals surface area contributed by atoms with Gasteiger partial charge in [-0.2, -0.15) is 0 Å². The van der Waals surface area contributed by atoms with Crippen LogP contribution in [-0.4, -0.2) is 22.5 Å². The van der Waals surface area contributed by atoms with E-state index in [1.807, 2.05) is 30.3 Å². The predicted molar refractivity (Wildman–Crippen MR) is 104 cm³/mol. The Morgan fingerprint density at radius 1 is 1.00 bits per heavy atom. The van der Waals surface area contributed by atoms with E-state index < -0.39 is 0 Å². The molecule has 5 heteroatoms. The van der Waals surface area contributed by atoms with E-state index in [1.165, 1.54) is 29.9 Å². The largest absolute Gasteiger partial charge is 0.372 e. The molecule has 3 heterocycles. The highest BCUT2D eigenvalue weighted by atomic mass is 32.1. The summed E-state index contributed by atoms with van der Waals surface area (Å²) in [6.45, 7) is 2.28. The summed E-state index contributed by atoms with van der Waals surface area (Å²) in [6.07, 6.45) is 4.51. The van der Waals surface area contributed by atoms with E-state index in [-0.39, 0.29) is 5.56 Å². The summed E-state index contributed by atoms with van der Waals surface area (Å²) >= 11 is 1.45. The maximum absolute atomic E-state index is 12.8. The quantitative estimate of drug-likeness (QED) is 0.559. The summed E-state index contributed by atoms with van der Waals surface area (Å²) in [7, 11) is 0. The van der Waals surface area contributed by atoms with Crippen molar-refractivity contribution in [3.63, 3.8) is 0 Å². The molecule has 4 nitrogen and oxygen atoms in total. The maximum atomic E-state index is 12.8. The number of imidazole rings is 1. The molecule has 124 valence electrons. The summed E-state index contributed by atoms with van der Waals surface area (Å²) in [4.78, 5) is 20.5. The molecule has 25 heavy (non-hydrogen) atoms. The number of nitrogens with zero attached hydrogens (tertiary/aromatic N) is 3. The number of hydrogen-bond donors (Lipinski definition) is 0. The number of thiazole rings is 1. The number of para-hydroxylation sites is 2. The maximum Gasteiger partial charge on any atom is 0.274 e. The van der Waals surface area contributed by atoms with Crippen molar-refractivity contribution in [3.05, 3.63) is 69.0 Å². The zero-order valence-corrected chi connectivity index (χ0v) is 14.5. The number of hydrogen-bond acceptors (Lipinski definition) is 4. The zero-order chi connectivity index (χ0) is 16.8. The predicted octanol–water partition coefficient (Wildman–Crippen LogP) is 3.06. The van der Waals surface area contributed by atoms with Crippen LogP contribution in [0.5, 0.6) is 0 Å². The minimum atomic E-state index is 0.0114. The van der Waals surface area contributed by atoms with Crippen molar-refractivity contribution in [1.82, 2.24) is 9.38 Å². The molecule has 0 bridgehead atoms. The van der Waals surface area contributed by atoms with E-state index in [1.54, 1.807) is 4.40 Å². The third-order valence-corrected chi connectivity index (χ3v) is 5.78. The Morgan fingerprint density at radius 2 is 1.76 bits per heavy atom. The number of benzene rings is 2. The first-order valence-electron chi connectivity index (χ1n) is 8.56. The van der Waals surface area contributed by atoms with Crippen LogP contribution in [0, 0.1) is 0 Å². The van der Waals surface area contributed by atoms with Crippen molar-refractivity contribution < 1.29 is 0 Å². The Morgan fingerprint density at radius 3 is 2.56 bits per heavy atom. The van der Waals surface area contributed by atoms with Crippen LogP contribution >= 0.6 is 11.3 Å².